The number of hydrogen-bond acceptors (Lipinski definition) is 3. The average molecular weight is 376 g/mol. The molecule has 138 valence electrons. The van der Waals surface area contributed by atoms with Gasteiger partial charge < -0.3 is 14.6 Å². The van der Waals surface area contributed by atoms with Gasteiger partial charge in [0.05, 0.1) is 0 Å². The standard InChI is InChI=1S/C20H22F2N2OS/c1-24(2)11-10-14-12-23-16-7-5-9-18(19(14)16)26-13-15-6-3-4-8-17(15)25-20(21)22/h3-9,12,20,23H,10-11,13H2,1-2H3. The first-order valence-corrected chi connectivity index (χ1v) is 9.42. The highest BCUT2D eigenvalue weighted by Crippen LogP contribution is 2.34. The van der Waals surface area contributed by atoms with Crippen LogP contribution in [0.1, 0.15) is 11.1 Å². The van der Waals surface area contributed by atoms with E-state index >= 15 is 0 Å². The molecule has 0 saturated heterocycles. The third kappa shape index (κ3) is 4.56. The number of alkyl halides is 2. The van der Waals surface area contributed by atoms with Gasteiger partial charge in [-0.2, -0.15) is 8.78 Å². The molecule has 0 aliphatic carbocycles. The Morgan fingerprint density at radius 1 is 1.08 bits per heavy atom. The van der Waals surface area contributed by atoms with Crippen LogP contribution < -0.4 is 4.74 Å². The molecule has 1 aromatic heterocycles. The van der Waals surface area contributed by atoms with E-state index < -0.39 is 6.61 Å². The maximum absolute atomic E-state index is 12.6. The van der Waals surface area contributed by atoms with Crippen LogP contribution in [0.3, 0.4) is 0 Å². The number of thioether (sulfide) groups is 1. The molecule has 0 spiro atoms. The van der Waals surface area contributed by atoms with Gasteiger partial charge in [-0.15, -0.1) is 11.8 Å². The molecule has 0 fully saturated rings. The molecule has 3 rings (SSSR count). The molecule has 0 unspecified atom stereocenters. The molecular formula is C20H22F2N2OS. The summed E-state index contributed by atoms with van der Waals surface area (Å²) in [5, 5.41) is 1.21. The minimum atomic E-state index is -2.81. The van der Waals surface area contributed by atoms with Gasteiger partial charge in [0.25, 0.3) is 0 Å². The van der Waals surface area contributed by atoms with Crippen molar-refractivity contribution in [1.29, 1.82) is 0 Å². The van der Waals surface area contributed by atoms with Crippen LogP contribution in [-0.4, -0.2) is 37.1 Å². The molecule has 0 saturated carbocycles. The highest BCUT2D eigenvalue weighted by atomic mass is 32.2. The zero-order valence-electron chi connectivity index (χ0n) is 14.8. The number of rotatable bonds is 8. The van der Waals surface area contributed by atoms with Crippen molar-refractivity contribution in [1.82, 2.24) is 9.88 Å². The lowest BCUT2D eigenvalue weighted by molar-refractivity contribution is -0.0503. The van der Waals surface area contributed by atoms with Gasteiger partial charge in [-0.1, -0.05) is 24.3 Å². The fourth-order valence-corrected chi connectivity index (χ4v) is 3.98. The molecule has 1 heterocycles. The van der Waals surface area contributed by atoms with E-state index in [1.54, 1.807) is 23.9 Å². The van der Waals surface area contributed by atoms with Gasteiger partial charge in [0, 0.05) is 39.9 Å². The number of aromatic amines is 1. The second-order valence-electron chi connectivity index (χ2n) is 6.32. The van der Waals surface area contributed by atoms with Crippen LogP contribution in [0, 0.1) is 0 Å². The lowest BCUT2D eigenvalue weighted by atomic mass is 10.1. The number of para-hydroxylation sites is 1. The number of fused-ring (bicyclic) bond motifs is 1. The molecule has 26 heavy (non-hydrogen) atoms. The van der Waals surface area contributed by atoms with Gasteiger partial charge in [-0.25, -0.2) is 0 Å². The summed E-state index contributed by atoms with van der Waals surface area (Å²) in [4.78, 5) is 6.63. The fraction of sp³-hybridized carbons (Fsp3) is 0.300. The SMILES string of the molecule is CN(C)CCc1c[nH]c2cccc(SCc3ccccc3OC(F)F)c12. The summed E-state index contributed by atoms with van der Waals surface area (Å²) in [6.07, 6.45) is 3.02. The van der Waals surface area contributed by atoms with E-state index in [1.165, 1.54) is 10.9 Å². The number of nitrogens with zero attached hydrogens (tertiary/aromatic N) is 1. The highest BCUT2D eigenvalue weighted by Gasteiger charge is 2.12. The van der Waals surface area contributed by atoms with Crippen molar-refractivity contribution in [3.8, 4) is 5.75 Å². The quantitative estimate of drug-likeness (QED) is 0.550. The zero-order chi connectivity index (χ0) is 18.5. The molecule has 0 atom stereocenters. The minimum Gasteiger partial charge on any atom is -0.435 e. The Morgan fingerprint density at radius 3 is 2.65 bits per heavy atom. The lowest BCUT2D eigenvalue weighted by Crippen LogP contribution is -2.14. The molecule has 3 nitrogen and oxygen atoms in total. The predicted molar refractivity (Wildman–Crippen MR) is 103 cm³/mol. The van der Waals surface area contributed by atoms with Crippen LogP contribution in [-0.2, 0) is 12.2 Å². The first kappa shape index (κ1) is 18.7. The predicted octanol–water partition coefficient (Wildman–Crippen LogP) is 5.17. The molecule has 0 amide bonds. The summed E-state index contributed by atoms with van der Waals surface area (Å²) >= 11 is 1.64. The average Bonchev–Trinajstić information content (AvgIpc) is 3.02. The number of hydrogen-bond donors (Lipinski definition) is 1. The van der Waals surface area contributed by atoms with E-state index in [9.17, 15) is 8.78 Å². The molecule has 3 aromatic rings. The minimum absolute atomic E-state index is 0.240. The largest absolute Gasteiger partial charge is 0.435 e. The number of aromatic nitrogens is 1. The van der Waals surface area contributed by atoms with E-state index in [1.807, 2.05) is 18.2 Å². The number of halogens is 2. The molecule has 0 aliphatic rings. The Labute approximate surface area is 156 Å². The highest BCUT2D eigenvalue weighted by molar-refractivity contribution is 7.98. The van der Waals surface area contributed by atoms with Crippen molar-refractivity contribution < 1.29 is 13.5 Å². The molecule has 0 bridgehead atoms. The van der Waals surface area contributed by atoms with Crippen LogP contribution in [0.25, 0.3) is 10.9 Å². The molecule has 1 N–H and O–H groups in total. The van der Waals surface area contributed by atoms with E-state index in [-0.39, 0.29) is 5.75 Å². The number of benzene rings is 2. The third-order valence-corrected chi connectivity index (χ3v) is 5.26. The number of H-pyrrole nitrogens is 1. The number of likely N-dealkylation sites (N-methyl/N-ethyl adjacent to an activating group) is 1. The summed E-state index contributed by atoms with van der Waals surface area (Å²) in [6, 6.07) is 13.1. The molecule has 0 aliphatic heterocycles. The van der Waals surface area contributed by atoms with Crippen molar-refractivity contribution in [3.63, 3.8) is 0 Å². The summed E-state index contributed by atoms with van der Waals surface area (Å²) in [6.45, 7) is -1.84. The molecule has 0 radical (unpaired) electrons. The van der Waals surface area contributed by atoms with Crippen LogP contribution in [0.15, 0.2) is 53.6 Å². The number of nitrogens with one attached hydrogen (secondary N) is 1. The van der Waals surface area contributed by atoms with Crippen molar-refractivity contribution in [2.75, 3.05) is 20.6 Å². The fourth-order valence-electron chi connectivity index (χ4n) is 2.87. The monoisotopic (exact) mass is 376 g/mol. The molecule has 6 heteroatoms. The van der Waals surface area contributed by atoms with E-state index in [0.717, 1.165) is 28.9 Å². The van der Waals surface area contributed by atoms with E-state index in [0.29, 0.717) is 5.75 Å². The third-order valence-electron chi connectivity index (χ3n) is 4.15. The van der Waals surface area contributed by atoms with Crippen molar-refractivity contribution in [3.05, 3.63) is 59.8 Å². The van der Waals surface area contributed by atoms with Gasteiger partial charge in [0.15, 0.2) is 0 Å². The van der Waals surface area contributed by atoms with Gasteiger partial charge in [-0.3, -0.25) is 0 Å². The smallest absolute Gasteiger partial charge is 0.387 e. The first-order chi connectivity index (χ1) is 12.5. The van der Waals surface area contributed by atoms with Crippen molar-refractivity contribution in [2.45, 2.75) is 23.7 Å². The Hall–Kier alpha value is -2.05. The van der Waals surface area contributed by atoms with Crippen LogP contribution in [0.5, 0.6) is 5.75 Å². The Morgan fingerprint density at radius 2 is 1.88 bits per heavy atom. The molecular weight excluding hydrogens is 354 g/mol. The van der Waals surface area contributed by atoms with Crippen molar-refractivity contribution in [2.24, 2.45) is 0 Å². The Kier molecular flexibility index (Phi) is 6.16. The van der Waals surface area contributed by atoms with Gasteiger partial charge in [-0.05, 0) is 44.3 Å². The van der Waals surface area contributed by atoms with Crippen molar-refractivity contribution >= 4 is 22.7 Å². The van der Waals surface area contributed by atoms with Crippen LogP contribution >= 0.6 is 11.8 Å². The maximum Gasteiger partial charge on any atom is 0.387 e. The van der Waals surface area contributed by atoms with Gasteiger partial charge in [0.2, 0.25) is 0 Å². The summed E-state index contributed by atoms with van der Waals surface area (Å²) in [7, 11) is 4.12. The van der Waals surface area contributed by atoms with Crippen LogP contribution in [0.2, 0.25) is 0 Å². The zero-order valence-corrected chi connectivity index (χ0v) is 15.7. The lowest BCUT2D eigenvalue weighted by Gasteiger charge is -2.12. The summed E-state index contributed by atoms with van der Waals surface area (Å²) in [5.74, 6) is 0.810. The van der Waals surface area contributed by atoms with E-state index in [2.05, 4.69) is 47.0 Å². The Bertz CT molecular complexity index is 864. The first-order valence-electron chi connectivity index (χ1n) is 8.44. The number of ether oxygens (including phenoxy) is 1. The van der Waals surface area contributed by atoms with Gasteiger partial charge in [0.1, 0.15) is 5.75 Å². The summed E-state index contributed by atoms with van der Waals surface area (Å²) in [5.41, 5.74) is 3.13. The normalized spacial score (nSPS) is 11.6. The van der Waals surface area contributed by atoms with Crippen LogP contribution in [0.4, 0.5) is 8.78 Å². The second kappa shape index (κ2) is 8.56. The second-order valence-corrected chi connectivity index (χ2v) is 7.34. The molecule has 2 aromatic carbocycles. The van der Waals surface area contributed by atoms with Gasteiger partial charge >= 0.3 is 6.61 Å². The summed E-state index contributed by atoms with van der Waals surface area (Å²) < 4.78 is 29.8. The Balaban J connectivity index is 1.82. The van der Waals surface area contributed by atoms with E-state index in [4.69, 9.17) is 0 Å². The topological polar surface area (TPSA) is 28.3 Å². The maximum atomic E-state index is 12.6.